The van der Waals surface area contributed by atoms with Crippen LogP contribution < -0.4 is 0 Å². The second-order valence-corrected chi connectivity index (χ2v) is 4.24. The molecule has 1 heterocycles. The van der Waals surface area contributed by atoms with Gasteiger partial charge in [-0.25, -0.2) is 0 Å². The maximum absolute atomic E-state index is 10.3. The summed E-state index contributed by atoms with van der Waals surface area (Å²) in [4.78, 5) is 4.00. The van der Waals surface area contributed by atoms with E-state index in [9.17, 15) is 5.21 Å². The second kappa shape index (κ2) is 6.50. The topological polar surface area (TPSA) is 36.1 Å². The van der Waals surface area contributed by atoms with Crippen LogP contribution in [0.1, 0.15) is 23.6 Å². The Balaban J connectivity index is 2.29. The number of aromatic nitrogens is 1. The summed E-state index contributed by atoms with van der Waals surface area (Å²) >= 11 is 0. The molecule has 0 aliphatic carbocycles. The van der Waals surface area contributed by atoms with Gasteiger partial charge in [0.25, 0.3) is 0 Å². The Morgan fingerprint density at radius 2 is 1.84 bits per heavy atom. The summed E-state index contributed by atoms with van der Waals surface area (Å²) in [5, 5.41) is 10.3. The minimum atomic E-state index is -0.152. The van der Waals surface area contributed by atoms with Crippen LogP contribution in [0.4, 0.5) is 0 Å². The van der Waals surface area contributed by atoms with E-state index in [2.05, 4.69) is 11.6 Å². The fraction of sp³-hybridized carbons (Fsp3) is 0.125. The lowest BCUT2D eigenvalue weighted by molar-refractivity contribution is -0.801. The lowest BCUT2D eigenvalue weighted by Crippen LogP contribution is -2.16. The molecule has 0 fully saturated rings. The molecular formula is C16H17N2O+. The smallest absolute Gasteiger partial charge is 0.230 e. The molecule has 1 atom stereocenters. The van der Waals surface area contributed by atoms with Gasteiger partial charge in [0, 0.05) is 29.9 Å². The van der Waals surface area contributed by atoms with Gasteiger partial charge < -0.3 is 0 Å². The van der Waals surface area contributed by atoms with Crippen molar-refractivity contribution >= 4 is 6.21 Å². The molecule has 0 spiro atoms. The molecule has 0 amide bonds. The van der Waals surface area contributed by atoms with Crippen LogP contribution in [0.2, 0.25) is 0 Å². The van der Waals surface area contributed by atoms with E-state index in [1.165, 1.54) is 4.74 Å². The van der Waals surface area contributed by atoms with E-state index in [4.69, 9.17) is 0 Å². The molecule has 2 rings (SSSR count). The first kappa shape index (κ1) is 13.0. The molecule has 1 N–H and O–H groups in total. The lowest BCUT2D eigenvalue weighted by atomic mass is 10.1. The highest BCUT2D eigenvalue weighted by Crippen LogP contribution is 2.19. The fourth-order valence-electron chi connectivity index (χ4n) is 1.92. The molecule has 19 heavy (non-hydrogen) atoms. The third-order valence-corrected chi connectivity index (χ3v) is 2.88. The van der Waals surface area contributed by atoms with Gasteiger partial charge in [0.2, 0.25) is 12.3 Å². The molecule has 3 heteroatoms. The monoisotopic (exact) mass is 253 g/mol. The summed E-state index contributed by atoms with van der Waals surface area (Å²) < 4.78 is 1.23. The number of hydroxylamine groups is 1. The number of benzene rings is 1. The van der Waals surface area contributed by atoms with Crippen LogP contribution in [0.25, 0.3) is 0 Å². The van der Waals surface area contributed by atoms with Crippen LogP contribution in [0.5, 0.6) is 0 Å². The first-order chi connectivity index (χ1) is 9.31. The molecule has 1 aromatic heterocycles. The predicted molar refractivity (Wildman–Crippen MR) is 75.4 cm³/mol. The van der Waals surface area contributed by atoms with Gasteiger partial charge in [-0.15, -0.1) is 6.58 Å². The van der Waals surface area contributed by atoms with E-state index in [0.717, 1.165) is 11.1 Å². The number of hydrogen-bond acceptors (Lipinski definition) is 2. The summed E-state index contributed by atoms with van der Waals surface area (Å²) in [5.41, 5.74) is 1.96. The van der Waals surface area contributed by atoms with Crippen LogP contribution in [0, 0.1) is 0 Å². The van der Waals surface area contributed by atoms with Crippen LogP contribution in [0.3, 0.4) is 0 Å². The van der Waals surface area contributed by atoms with Gasteiger partial charge in [0.15, 0.2) is 0 Å². The summed E-state index contributed by atoms with van der Waals surface area (Å²) in [7, 11) is 0. The minimum Gasteiger partial charge on any atom is -0.290 e. The van der Waals surface area contributed by atoms with Crippen molar-refractivity contribution in [3.8, 4) is 0 Å². The van der Waals surface area contributed by atoms with E-state index >= 15 is 0 Å². The van der Waals surface area contributed by atoms with E-state index in [-0.39, 0.29) is 6.04 Å². The molecule has 96 valence electrons. The van der Waals surface area contributed by atoms with E-state index in [1.54, 1.807) is 24.7 Å². The number of pyridine rings is 1. The van der Waals surface area contributed by atoms with Crippen LogP contribution in [-0.2, 0) is 0 Å². The van der Waals surface area contributed by atoms with Crippen molar-refractivity contribution in [3.63, 3.8) is 0 Å². The van der Waals surface area contributed by atoms with Gasteiger partial charge in [-0.2, -0.15) is 0 Å². The van der Waals surface area contributed by atoms with Gasteiger partial charge in [0.05, 0.1) is 0 Å². The van der Waals surface area contributed by atoms with Crippen molar-refractivity contribution in [3.05, 3.63) is 78.6 Å². The molecule has 0 saturated carbocycles. The minimum absolute atomic E-state index is 0.152. The van der Waals surface area contributed by atoms with Crippen molar-refractivity contribution in [2.75, 3.05) is 0 Å². The molecular weight excluding hydrogens is 236 g/mol. The SMILES string of the molecule is C=CCC(c1ccncc1)[N+](O)=Cc1ccccc1. The number of rotatable bonds is 5. The highest BCUT2D eigenvalue weighted by Gasteiger charge is 2.21. The highest BCUT2D eigenvalue weighted by molar-refractivity contribution is 5.75. The van der Waals surface area contributed by atoms with E-state index in [0.29, 0.717) is 6.42 Å². The highest BCUT2D eigenvalue weighted by atomic mass is 16.5. The van der Waals surface area contributed by atoms with Gasteiger partial charge in [-0.05, 0) is 29.0 Å². The molecule has 0 bridgehead atoms. The predicted octanol–water partition coefficient (Wildman–Crippen LogP) is 3.22. The maximum atomic E-state index is 10.3. The number of nitrogens with zero attached hydrogens (tertiary/aromatic N) is 2. The normalized spacial score (nSPS) is 12.9. The zero-order chi connectivity index (χ0) is 13.5. The Labute approximate surface area is 113 Å². The fourth-order valence-corrected chi connectivity index (χ4v) is 1.92. The molecule has 0 saturated heterocycles. The van der Waals surface area contributed by atoms with Crippen LogP contribution in [-0.4, -0.2) is 21.1 Å². The van der Waals surface area contributed by atoms with Crippen molar-refractivity contribution in [1.29, 1.82) is 0 Å². The average molecular weight is 253 g/mol. The van der Waals surface area contributed by atoms with Crippen LogP contribution in [0.15, 0.2) is 67.5 Å². The third-order valence-electron chi connectivity index (χ3n) is 2.88. The Morgan fingerprint density at radius 1 is 1.16 bits per heavy atom. The molecule has 0 radical (unpaired) electrons. The summed E-state index contributed by atoms with van der Waals surface area (Å²) in [6.45, 7) is 3.75. The van der Waals surface area contributed by atoms with E-state index < -0.39 is 0 Å². The molecule has 2 aromatic rings. The number of hydrogen-bond donors (Lipinski definition) is 1. The maximum Gasteiger partial charge on any atom is 0.230 e. The Hall–Kier alpha value is -2.42. The van der Waals surface area contributed by atoms with Crippen LogP contribution >= 0.6 is 0 Å². The first-order valence-corrected chi connectivity index (χ1v) is 6.19. The largest absolute Gasteiger partial charge is 0.290 e. The van der Waals surface area contributed by atoms with Crippen molar-refractivity contribution in [2.45, 2.75) is 12.5 Å². The molecule has 1 unspecified atom stereocenters. The average Bonchev–Trinajstić information content (AvgIpc) is 2.46. The van der Waals surface area contributed by atoms with Gasteiger partial charge >= 0.3 is 0 Å². The Bertz CT molecular complexity index is 549. The first-order valence-electron chi connectivity index (χ1n) is 6.19. The zero-order valence-corrected chi connectivity index (χ0v) is 10.7. The Kier molecular flexibility index (Phi) is 4.45. The van der Waals surface area contributed by atoms with Gasteiger partial charge in [-0.3, -0.25) is 10.2 Å². The van der Waals surface area contributed by atoms with Gasteiger partial charge in [0.1, 0.15) is 0 Å². The Morgan fingerprint density at radius 3 is 2.47 bits per heavy atom. The molecule has 0 aliphatic rings. The van der Waals surface area contributed by atoms with E-state index in [1.807, 2.05) is 42.5 Å². The lowest BCUT2D eigenvalue weighted by Gasteiger charge is -2.08. The van der Waals surface area contributed by atoms with Crippen molar-refractivity contribution in [2.24, 2.45) is 0 Å². The standard InChI is InChI=1S/C16H17N2O/c1-2-6-16(15-9-11-17-12-10-15)18(19)13-14-7-4-3-5-8-14/h2-5,7-13,16,19H,1,6H2/q+1. The van der Waals surface area contributed by atoms with Crippen molar-refractivity contribution in [1.82, 2.24) is 4.98 Å². The summed E-state index contributed by atoms with van der Waals surface area (Å²) in [5.74, 6) is 0. The molecule has 1 aromatic carbocycles. The van der Waals surface area contributed by atoms with Crippen molar-refractivity contribution < 1.29 is 9.95 Å². The molecule has 0 aliphatic heterocycles. The zero-order valence-electron chi connectivity index (χ0n) is 10.7. The third kappa shape index (κ3) is 3.52. The van der Waals surface area contributed by atoms with Gasteiger partial charge in [-0.1, -0.05) is 24.3 Å². The second-order valence-electron chi connectivity index (χ2n) is 4.24. The summed E-state index contributed by atoms with van der Waals surface area (Å²) in [6.07, 6.45) is 7.62. The molecule has 3 nitrogen and oxygen atoms in total. The quantitative estimate of drug-likeness (QED) is 0.292. The summed E-state index contributed by atoms with van der Waals surface area (Å²) in [6, 6.07) is 13.4.